The van der Waals surface area contributed by atoms with Crippen LogP contribution in [0.4, 0.5) is 0 Å². The van der Waals surface area contributed by atoms with Gasteiger partial charge < -0.3 is 0 Å². The molecule has 0 aliphatic carbocycles. The number of fused-ring (bicyclic) bond motifs is 2. The Balaban J connectivity index is 1.39. The van der Waals surface area contributed by atoms with Crippen LogP contribution in [0.2, 0.25) is 0 Å². The van der Waals surface area contributed by atoms with Gasteiger partial charge in [0.05, 0.1) is 0 Å². The van der Waals surface area contributed by atoms with Gasteiger partial charge in [-0.15, -0.1) is 0 Å². The summed E-state index contributed by atoms with van der Waals surface area (Å²) in [5.41, 5.74) is 4.05. The summed E-state index contributed by atoms with van der Waals surface area (Å²) in [4.78, 5) is 19.1. The predicted molar refractivity (Wildman–Crippen MR) is 128 cm³/mol. The van der Waals surface area contributed by atoms with Crippen LogP contribution in [0.5, 0.6) is 0 Å². The molecule has 0 bridgehead atoms. The second kappa shape index (κ2) is 8.34. The van der Waals surface area contributed by atoms with Gasteiger partial charge in [0.1, 0.15) is 0 Å². The average Bonchev–Trinajstić information content (AvgIpc) is 3.43. The van der Waals surface area contributed by atoms with Crippen LogP contribution in [-0.2, 0) is 0 Å². The van der Waals surface area contributed by atoms with Gasteiger partial charge in [0.15, 0.2) is 0 Å². The average molecular weight is 546 g/mol. The summed E-state index contributed by atoms with van der Waals surface area (Å²) in [6.45, 7) is 0. The standard InChI is InChI=1S/C24H16N6Se2/c1-5-13-25-17(9-1)21-27-23(19-11-3-7-15-29(19)21)31-32-24-20-12-4-8-16-30(20)22(28-24)18-10-2-6-14-26-18/h1-16H. The summed E-state index contributed by atoms with van der Waals surface area (Å²) in [6, 6.07) is 24.3. The Bertz CT molecular complexity index is 1410. The molecular weight excluding hydrogens is 530 g/mol. The van der Waals surface area contributed by atoms with Crippen molar-refractivity contribution in [2.75, 3.05) is 0 Å². The first-order valence-corrected chi connectivity index (χ1v) is 16.0. The molecule has 6 nitrogen and oxygen atoms in total. The van der Waals surface area contributed by atoms with Crippen LogP contribution in [0.3, 0.4) is 0 Å². The van der Waals surface area contributed by atoms with Gasteiger partial charge in [0.25, 0.3) is 0 Å². The number of hydrogen-bond acceptors (Lipinski definition) is 4. The summed E-state index contributed by atoms with van der Waals surface area (Å²) < 4.78 is 6.55. The van der Waals surface area contributed by atoms with E-state index in [2.05, 4.69) is 55.4 Å². The fraction of sp³-hybridized carbons (Fsp3) is 0. The molecule has 6 rings (SSSR count). The molecular formula is C24H16N6Se2. The van der Waals surface area contributed by atoms with E-state index < -0.39 is 0 Å². The quantitative estimate of drug-likeness (QED) is 0.312. The normalized spacial score (nSPS) is 11.4. The van der Waals surface area contributed by atoms with Crippen molar-refractivity contribution in [1.82, 2.24) is 28.7 Å². The number of rotatable bonds is 5. The van der Waals surface area contributed by atoms with E-state index in [9.17, 15) is 0 Å². The zero-order valence-corrected chi connectivity index (χ0v) is 20.2. The molecule has 32 heavy (non-hydrogen) atoms. The Morgan fingerprint density at radius 1 is 0.531 bits per heavy atom. The van der Waals surface area contributed by atoms with Crippen molar-refractivity contribution in [3.8, 4) is 23.0 Å². The third-order valence-electron chi connectivity index (χ3n) is 5.02. The van der Waals surface area contributed by atoms with Gasteiger partial charge in [-0.05, 0) is 0 Å². The molecule has 0 fully saturated rings. The van der Waals surface area contributed by atoms with Crippen molar-refractivity contribution in [3.05, 3.63) is 97.6 Å². The zero-order chi connectivity index (χ0) is 21.3. The molecule has 6 heterocycles. The van der Waals surface area contributed by atoms with Gasteiger partial charge >= 0.3 is 196 Å². The molecule has 0 atom stereocenters. The van der Waals surface area contributed by atoms with Crippen molar-refractivity contribution in [3.63, 3.8) is 0 Å². The molecule has 0 saturated heterocycles. The predicted octanol–water partition coefficient (Wildman–Crippen LogP) is 2.38. The topological polar surface area (TPSA) is 60.4 Å². The van der Waals surface area contributed by atoms with E-state index >= 15 is 0 Å². The van der Waals surface area contributed by atoms with Crippen molar-refractivity contribution < 1.29 is 0 Å². The number of nitrogens with zero attached hydrogens (tertiary/aromatic N) is 6. The monoisotopic (exact) mass is 548 g/mol. The van der Waals surface area contributed by atoms with E-state index in [0.29, 0.717) is 0 Å². The van der Waals surface area contributed by atoms with E-state index in [-0.39, 0.29) is 26.3 Å². The minimum absolute atomic E-state index is 0.165. The Kier molecular flexibility index (Phi) is 5.06. The number of imidazole rings is 2. The molecule has 0 saturated carbocycles. The van der Waals surface area contributed by atoms with Crippen molar-refractivity contribution in [2.45, 2.75) is 0 Å². The number of hydrogen-bond donors (Lipinski definition) is 0. The van der Waals surface area contributed by atoms with Crippen LogP contribution < -0.4 is 9.18 Å². The van der Waals surface area contributed by atoms with E-state index in [1.165, 1.54) is 0 Å². The van der Waals surface area contributed by atoms with Crippen molar-refractivity contribution in [1.29, 1.82) is 0 Å². The Morgan fingerprint density at radius 3 is 1.44 bits per heavy atom. The summed E-state index contributed by atoms with van der Waals surface area (Å²) >= 11 is 0.331. The van der Waals surface area contributed by atoms with Crippen molar-refractivity contribution in [2.24, 2.45) is 0 Å². The molecule has 0 radical (unpaired) electrons. The maximum atomic E-state index is 5.02. The second-order valence-corrected chi connectivity index (χ2v) is 12.9. The molecule has 154 valence electrons. The first-order chi connectivity index (χ1) is 15.9. The number of aromatic nitrogens is 6. The fourth-order valence-electron chi connectivity index (χ4n) is 3.57. The Hall–Kier alpha value is -3.28. The van der Waals surface area contributed by atoms with E-state index in [0.717, 1.165) is 43.3 Å². The van der Waals surface area contributed by atoms with E-state index in [1.54, 1.807) is 0 Å². The van der Waals surface area contributed by atoms with Crippen LogP contribution in [0, 0.1) is 0 Å². The summed E-state index contributed by atoms with van der Waals surface area (Å²) in [5, 5.41) is 0. The minimum atomic E-state index is 0.165. The van der Waals surface area contributed by atoms with Gasteiger partial charge in [-0.3, -0.25) is 0 Å². The van der Waals surface area contributed by atoms with Gasteiger partial charge in [0, 0.05) is 0 Å². The van der Waals surface area contributed by atoms with E-state index in [1.807, 2.05) is 60.9 Å². The van der Waals surface area contributed by atoms with Crippen molar-refractivity contribution >= 4 is 46.5 Å². The van der Waals surface area contributed by atoms with Gasteiger partial charge in [-0.1, -0.05) is 0 Å². The molecule has 0 spiro atoms. The molecule has 0 amide bonds. The van der Waals surface area contributed by atoms with Gasteiger partial charge in [-0.2, -0.15) is 0 Å². The van der Waals surface area contributed by atoms with Crippen LogP contribution in [0.25, 0.3) is 34.1 Å². The van der Waals surface area contributed by atoms with Crippen LogP contribution in [0.15, 0.2) is 97.6 Å². The zero-order valence-electron chi connectivity index (χ0n) is 16.7. The van der Waals surface area contributed by atoms with Crippen LogP contribution in [0.1, 0.15) is 0 Å². The molecule has 0 aromatic carbocycles. The third-order valence-corrected chi connectivity index (χ3v) is 11.5. The molecule has 0 N–H and O–H groups in total. The molecule has 0 aliphatic rings. The molecule has 0 aliphatic heterocycles. The summed E-state index contributed by atoms with van der Waals surface area (Å²) in [6.07, 6.45) is 7.74. The Morgan fingerprint density at radius 2 is 1.00 bits per heavy atom. The molecule has 0 unspecified atom stereocenters. The maximum absolute atomic E-state index is 5.02. The summed E-state index contributed by atoms with van der Waals surface area (Å²) in [5.74, 6) is 1.77. The molecule has 6 aromatic rings. The number of pyridine rings is 4. The van der Waals surface area contributed by atoms with Gasteiger partial charge in [-0.25, -0.2) is 0 Å². The molecule has 6 aromatic heterocycles. The molecule has 8 heteroatoms. The first-order valence-electron chi connectivity index (χ1n) is 10.00. The van der Waals surface area contributed by atoms with Crippen LogP contribution in [-0.4, -0.2) is 55.0 Å². The Labute approximate surface area is 195 Å². The van der Waals surface area contributed by atoms with Gasteiger partial charge in [0.2, 0.25) is 0 Å². The second-order valence-electron chi connectivity index (χ2n) is 6.99. The fourth-order valence-corrected chi connectivity index (χ4v) is 9.87. The summed E-state index contributed by atoms with van der Waals surface area (Å²) in [7, 11) is 0. The SMILES string of the molecule is c1ccc(-c2nc([Se][Se]c3nc(-c4ccccn4)n4ccccc34)c3ccccn23)nc1. The van der Waals surface area contributed by atoms with Crippen LogP contribution >= 0.6 is 0 Å². The first kappa shape index (κ1) is 19.4. The third kappa shape index (κ3) is 3.44. The van der Waals surface area contributed by atoms with E-state index in [4.69, 9.17) is 9.97 Å².